The van der Waals surface area contributed by atoms with Crippen LogP contribution in [0.15, 0.2) is 53.3 Å². The molecule has 8 nitrogen and oxygen atoms in total. The number of rotatable bonds is 8. The van der Waals surface area contributed by atoms with Gasteiger partial charge in [0.1, 0.15) is 0 Å². The summed E-state index contributed by atoms with van der Waals surface area (Å²) in [5, 5.41) is 14.5. The summed E-state index contributed by atoms with van der Waals surface area (Å²) in [6.45, 7) is 6.75. The summed E-state index contributed by atoms with van der Waals surface area (Å²) >= 11 is 0. The Morgan fingerprint density at radius 3 is 2.39 bits per heavy atom. The molecule has 38 heavy (non-hydrogen) atoms. The Kier molecular flexibility index (Phi) is 7.67. The second-order valence-electron chi connectivity index (χ2n) is 10.8. The summed E-state index contributed by atoms with van der Waals surface area (Å²) in [5.74, 6) is 0.983. The first kappa shape index (κ1) is 25.8. The van der Waals surface area contributed by atoms with Crippen LogP contribution in [0.2, 0.25) is 0 Å². The zero-order chi connectivity index (χ0) is 26.6. The number of nitrogens with one attached hydrogen (secondary N) is 1. The number of hydrogen-bond acceptors (Lipinski definition) is 5. The number of carbonyl (C=O) groups excluding carboxylic acids is 1. The SMILES string of the molecule is Cc1c(CCC(C)C)n(Cc2ccc(-c3ccccc3-c3nn[nH]n3)cc2)c(=O)n1C(=O)C1CCCCC1. The average Bonchev–Trinajstić information content (AvgIpc) is 3.55. The third kappa shape index (κ3) is 5.26. The molecule has 1 saturated carbocycles. The van der Waals surface area contributed by atoms with E-state index in [0.29, 0.717) is 18.3 Å². The Morgan fingerprint density at radius 1 is 1.03 bits per heavy atom. The van der Waals surface area contributed by atoms with Crippen LogP contribution in [0.4, 0.5) is 0 Å². The molecule has 5 rings (SSSR count). The Bertz CT molecular complexity index is 1440. The van der Waals surface area contributed by atoms with Gasteiger partial charge in [-0.2, -0.15) is 5.21 Å². The van der Waals surface area contributed by atoms with Crippen LogP contribution in [0, 0.1) is 18.8 Å². The van der Waals surface area contributed by atoms with E-state index >= 15 is 0 Å². The van der Waals surface area contributed by atoms with Gasteiger partial charge in [0.05, 0.1) is 6.54 Å². The first-order valence-electron chi connectivity index (χ1n) is 13.7. The zero-order valence-corrected chi connectivity index (χ0v) is 22.5. The molecule has 0 amide bonds. The van der Waals surface area contributed by atoms with Gasteiger partial charge in [0.2, 0.25) is 11.7 Å². The van der Waals surface area contributed by atoms with Crippen LogP contribution in [0.5, 0.6) is 0 Å². The van der Waals surface area contributed by atoms with Crippen molar-refractivity contribution in [3.8, 4) is 22.5 Å². The molecule has 1 N–H and O–H groups in total. The van der Waals surface area contributed by atoms with E-state index in [-0.39, 0.29) is 17.5 Å². The highest BCUT2D eigenvalue weighted by Crippen LogP contribution is 2.30. The molecule has 0 atom stereocenters. The molecule has 0 unspecified atom stereocenters. The maximum Gasteiger partial charge on any atom is 0.335 e. The van der Waals surface area contributed by atoms with Crippen molar-refractivity contribution in [2.24, 2.45) is 11.8 Å². The Labute approximate surface area is 223 Å². The molecule has 0 bridgehead atoms. The fraction of sp³-hybridized carbons (Fsp3) is 0.433. The average molecular weight is 513 g/mol. The van der Waals surface area contributed by atoms with Crippen molar-refractivity contribution in [1.29, 1.82) is 0 Å². The minimum atomic E-state index is -0.205. The van der Waals surface area contributed by atoms with Crippen LogP contribution >= 0.6 is 0 Å². The van der Waals surface area contributed by atoms with E-state index in [1.165, 1.54) is 11.0 Å². The number of hydrogen-bond donors (Lipinski definition) is 1. The van der Waals surface area contributed by atoms with Gasteiger partial charge in [-0.1, -0.05) is 81.6 Å². The molecule has 198 valence electrons. The van der Waals surface area contributed by atoms with Crippen molar-refractivity contribution >= 4 is 5.91 Å². The summed E-state index contributed by atoms with van der Waals surface area (Å²) in [4.78, 5) is 27.2. The molecule has 0 radical (unpaired) electrons. The first-order chi connectivity index (χ1) is 18.4. The second kappa shape index (κ2) is 11.3. The van der Waals surface area contributed by atoms with Gasteiger partial charge in [0, 0.05) is 22.9 Å². The number of benzene rings is 2. The maximum absolute atomic E-state index is 13.7. The number of carbonyl (C=O) groups is 1. The largest absolute Gasteiger partial charge is 0.335 e. The molecule has 0 spiro atoms. The van der Waals surface area contributed by atoms with Crippen molar-refractivity contribution in [2.45, 2.75) is 72.3 Å². The molecule has 4 aromatic rings. The summed E-state index contributed by atoms with van der Waals surface area (Å²) in [6.07, 6.45) is 6.80. The molecule has 2 aromatic heterocycles. The van der Waals surface area contributed by atoms with Gasteiger partial charge in [-0.15, -0.1) is 10.2 Å². The van der Waals surface area contributed by atoms with E-state index in [9.17, 15) is 9.59 Å². The molecule has 1 fully saturated rings. The molecule has 1 aliphatic rings. The summed E-state index contributed by atoms with van der Waals surface area (Å²) in [5.41, 5.74) is 5.52. The van der Waals surface area contributed by atoms with Gasteiger partial charge in [-0.05, 0) is 60.4 Å². The van der Waals surface area contributed by atoms with E-state index in [0.717, 1.165) is 72.2 Å². The minimum absolute atomic E-state index is 0.0230. The van der Waals surface area contributed by atoms with E-state index in [2.05, 4.69) is 58.7 Å². The van der Waals surface area contributed by atoms with Crippen molar-refractivity contribution in [3.05, 3.63) is 76.0 Å². The van der Waals surface area contributed by atoms with Gasteiger partial charge in [0.15, 0.2) is 0 Å². The fourth-order valence-corrected chi connectivity index (χ4v) is 5.58. The van der Waals surface area contributed by atoms with Gasteiger partial charge in [-0.25, -0.2) is 9.36 Å². The van der Waals surface area contributed by atoms with Crippen LogP contribution in [0.25, 0.3) is 22.5 Å². The van der Waals surface area contributed by atoms with E-state index in [1.807, 2.05) is 35.8 Å². The predicted octanol–water partition coefficient (Wildman–Crippen LogP) is 5.66. The Hall–Kier alpha value is -3.81. The molecular formula is C30H36N6O2. The van der Waals surface area contributed by atoms with Gasteiger partial charge >= 0.3 is 5.69 Å². The highest BCUT2D eigenvalue weighted by Gasteiger charge is 2.28. The molecule has 2 aromatic carbocycles. The highest BCUT2D eigenvalue weighted by atomic mass is 16.2. The molecule has 0 aliphatic heterocycles. The number of aromatic amines is 1. The Balaban J connectivity index is 1.46. The normalized spacial score (nSPS) is 14.3. The maximum atomic E-state index is 13.7. The lowest BCUT2D eigenvalue weighted by molar-refractivity contribution is 0.0794. The van der Waals surface area contributed by atoms with Gasteiger partial charge in [-0.3, -0.25) is 9.36 Å². The quantitative estimate of drug-likeness (QED) is 0.328. The third-order valence-corrected chi connectivity index (χ3v) is 7.75. The van der Waals surface area contributed by atoms with E-state index < -0.39 is 0 Å². The fourth-order valence-electron chi connectivity index (χ4n) is 5.58. The highest BCUT2D eigenvalue weighted by molar-refractivity contribution is 5.82. The van der Waals surface area contributed by atoms with Crippen LogP contribution in [0.1, 0.15) is 74.1 Å². The van der Waals surface area contributed by atoms with Gasteiger partial charge < -0.3 is 0 Å². The number of tetrazole rings is 1. The summed E-state index contributed by atoms with van der Waals surface area (Å²) in [7, 11) is 0. The topological polar surface area (TPSA) is 98.5 Å². The third-order valence-electron chi connectivity index (χ3n) is 7.75. The van der Waals surface area contributed by atoms with Crippen LogP contribution in [0.3, 0.4) is 0 Å². The minimum Gasteiger partial charge on any atom is -0.291 e. The van der Waals surface area contributed by atoms with E-state index in [1.54, 1.807) is 0 Å². The summed E-state index contributed by atoms with van der Waals surface area (Å²) in [6, 6.07) is 16.2. The summed E-state index contributed by atoms with van der Waals surface area (Å²) < 4.78 is 3.29. The lowest BCUT2D eigenvalue weighted by Crippen LogP contribution is -2.34. The van der Waals surface area contributed by atoms with Crippen molar-refractivity contribution in [1.82, 2.24) is 29.8 Å². The predicted molar refractivity (Wildman–Crippen MR) is 148 cm³/mol. The Morgan fingerprint density at radius 2 is 1.74 bits per heavy atom. The number of H-pyrrole nitrogens is 1. The van der Waals surface area contributed by atoms with Crippen molar-refractivity contribution in [3.63, 3.8) is 0 Å². The standard InChI is InChI=1S/C30H36N6O2/c1-20(2)13-18-27-21(3)36(29(37)24-9-5-4-6-10-24)30(38)35(27)19-22-14-16-23(17-15-22)25-11-7-8-12-26(25)28-31-33-34-32-28/h7-8,11-12,14-17,20,24H,4-6,9-10,13,18-19H2,1-3H3,(H,31,32,33,34). The lowest BCUT2D eigenvalue weighted by atomic mass is 9.88. The first-order valence-corrected chi connectivity index (χ1v) is 13.7. The van der Waals surface area contributed by atoms with Crippen LogP contribution < -0.4 is 5.69 Å². The lowest BCUT2D eigenvalue weighted by Gasteiger charge is -2.20. The number of nitrogens with zero attached hydrogens (tertiary/aromatic N) is 5. The van der Waals surface area contributed by atoms with Crippen molar-refractivity contribution < 1.29 is 4.79 Å². The molecular weight excluding hydrogens is 476 g/mol. The second-order valence-corrected chi connectivity index (χ2v) is 10.8. The number of aromatic nitrogens is 6. The van der Waals surface area contributed by atoms with E-state index in [4.69, 9.17) is 0 Å². The van der Waals surface area contributed by atoms with Crippen LogP contribution in [-0.4, -0.2) is 35.7 Å². The monoisotopic (exact) mass is 512 g/mol. The van der Waals surface area contributed by atoms with Gasteiger partial charge in [0.25, 0.3) is 0 Å². The molecule has 0 saturated heterocycles. The molecule has 2 heterocycles. The zero-order valence-electron chi connectivity index (χ0n) is 22.5. The smallest absolute Gasteiger partial charge is 0.291 e. The van der Waals surface area contributed by atoms with Crippen LogP contribution in [-0.2, 0) is 13.0 Å². The number of imidazole rings is 1. The molecule has 1 aliphatic carbocycles. The molecule has 8 heteroatoms. The van der Waals surface area contributed by atoms with Crippen molar-refractivity contribution in [2.75, 3.05) is 0 Å².